The topological polar surface area (TPSA) is 47.6 Å². The number of fused-ring (bicyclic) bond motifs is 1. The van der Waals surface area contributed by atoms with Crippen molar-refractivity contribution in [1.29, 1.82) is 0 Å². The number of nitrogens with one attached hydrogen (secondary N) is 1. The van der Waals surface area contributed by atoms with Gasteiger partial charge in [0.05, 0.1) is 13.2 Å². The lowest BCUT2D eigenvalue weighted by Crippen LogP contribution is -2.37. The highest BCUT2D eigenvalue weighted by Gasteiger charge is 2.33. The zero-order chi connectivity index (χ0) is 11.5. The van der Waals surface area contributed by atoms with E-state index in [-0.39, 0.29) is 12.5 Å². The normalized spacial score (nSPS) is 13.8. The molecule has 16 heavy (non-hydrogen) atoms. The van der Waals surface area contributed by atoms with E-state index in [1.54, 1.807) is 13.1 Å². The van der Waals surface area contributed by atoms with E-state index >= 15 is 0 Å². The summed E-state index contributed by atoms with van der Waals surface area (Å²) in [4.78, 5) is 11.3. The van der Waals surface area contributed by atoms with Crippen molar-refractivity contribution in [3.05, 3.63) is 28.8 Å². The number of carbonyl (C=O) groups is 1. The van der Waals surface area contributed by atoms with Gasteiger partial charge in [0, 0.05) is 10.5 Å². The van der Waals surface area contributed by atoms with Gasteiger partial charge in [0.15, 0.2) is 0 Å². The minimum absolute atomic E-state index is 0.169. The molecule has 84 valence electrons. The maximum absolute atomic E-state index is 11.3. The van der Waals surface area contributed by atoms with E-state index in [4.69, 9.17) is 20.9 Å². The third-order valence-electron chi connectivity index (χ3n) is 2.31. The highest BCUT2D eigenvalue weighted by molar-refractivity contribution is 6.64. The van der Waals surface area contributed by atoms with E-state index in [1.807, 2.05) is 12.1 Å². The van der Waals surface area contributed by atoms with Gasteiger partial charge >= 0.3 is 13.1 Å². The maximum Gasteiger partial charge on any atom is 0.565 e. The first-order valence-electron chi connectivity index (χ1n) is 4.94. The summed E-state index contributed by atoms with van der Waals surface area (Å²) in [6.45, 7) is 0.593. The quantitative estimate of drug-likeness (QED) is 0.772. The van der Waals surface area contributed by atoms with Crippen molar-refractivity contribution in [1.82, 2.24) is 5.32 Å². The number of benzene rings is 1. The fourth-order valence-electron chi connectivity index (χ4n) is 1.59. The Morgan fingerprint density at radius 1 is 1.69 bits per heavy atom. The van der Waals surface area contributed by atoms with Gasteiger partial charge in [-0.1, -0.05) is 17.7 Å². The van der Waals surface area contributed by atoms with E-state index in [0.717, 1.165) is 11.0 Å². The summed E-state index contributed by atoms with van der Waals surface area (Å²) < 4.78 is 10.5. The lowest BCUT2D eigenvalue weighted by atomic mass is 9.79. The van der Waals surface area contributed by atoms with Crippen LogP contribution in [0.4, 0.5) is 0 Å². The molecule has 0 saturated heterocycles. The first-order chi connectivity index (χ1) is 7.70. The zero-order valence-electron chi connectivity index (χ0n) is 8.83. The van der Waals surface area contributed by atoms with Crippen LogP contribution in [0.25, 0.3) is 0 Å². The average molecular weight is 239 g/mol. The average Bonchev–Trinajstić information content (AvgIpc) is 2.61. The summed E-state index contributed by atoms with van der Waals surface area (Å²) in [7, 11) is 1.08. The van der Waals surface area contributed by atoms with Crippen molar-refractivity contribution in [3.8, 4) is 0 Å². The van der Waals surface area contributed by atoms with E-state index < -0.39 is 7.12 Å². The molecule has 2 rings (SSSR count). The van der Waals surface area contributed by atoms with Gasteiger partial charge in [-0.2, -0.15) is 0 Å². The van der Waals surface area contributed by atoms with E-state index in [2.05, 4.69) is 5.32 Å². The van der Waals surface area contributed by atoms with Crippen LogP contribution in [0.2, 0.25) is 5.02 Å². The standard InChI is InChI=1S/C10H11BClNO3/c1-13-5-10(14)16-11-9-3-2-8(12)4-7(9)6-15-11/h2-4,13H,5-6H2,1H3. The molecule has 6 heteroatoms. The van der Waals surface area contributed by atoms with Gasteiger partial charge in [-0.15, -0.1) is 0 Å². The van der Waals surface area contributed by atoms with Gasteiger partial charge in [0.1, 0.15) is 0 Å². The van der Waals surface area contributed by atoms with Crippen LogP contribution in [0.15, 0.2) is 18.2 Å². The minimum Gasteiger partial charge on any atom is -0.505 e. The minimum atomic E-state index is -0.604. The largest absolute Gasteiger partial charge is 0.565 e. The molecule has 1 aliphatic heterocycles. The van der Waals surface area contributed by atoms with Crippen LogP contribution in [0.5, 0.6) is 0 Å². The molecule has 0 aromatic heterocycles. The molecule has 0 radical (unpaired) electrons. The lowest BCUT2D eigenvalue weighted by molar-refractivity contribution is -0.134. The number of carbonyl (C=O) groups excluding carboxylic acids is 1. The summed E-state index contributed by atoms with van der Waals surface area (Å²) in [6, 6.07) is 5.40. The van der Waals surface area contributed by atoms with Crippen molar-refractivity contribution < 1.29 is 14.1 Å². The highest BCUT2D eigenvalue weighted by atomic mass is 35.5. The molecular weight excluding hydrogens is 228 g/mol. The molecule has 4 nitrogen and oxygen atoms in total. The Morgan fingerprint density at radius 3 is 3.25 bits per heavy atom. The molecule has 0 spiro atoms. The van der Waals surface area contributed by atoms with Crippen molar-refractivity contribution >= 4 is 30.2 Å². The molecule has 1 aromatic carbocycles. The number of hydrogen-bond acceptors (Lipinski definition) is 4. The summed E-state index contributed by atoms with van der Waals surface area (Å²) in [5.41, 5.74) is 1.84. The first kappa shape index (κ1) is 11.5. The van der Waals surface area contributed by atoms with Crippen molar-refractivity contribution in [2.24, 2.45) is 0 Å². The van der Waals surface area contributed by atoms with E-state index in [1.165, 1.54) is 0 Å². The predicted molar refractivity (Wildman–Crippen MR) is 61.6 cm³/mol. The van der Waals surface area contributed by atoms with Gasteiger partial charge in [-0.25, -0.2) is 0 Å². The van der Waals surface area contributed by atoms with Crippen molar-refractivity contribution in [2.75, 3.05) is 13.6 Å². The van der Waals surface area contributed by atoms with Crippen LogP contribution in [0, 0.1) is 0 Å². The Hall–Kier alpha value is -1.04. The molecule has 0 amide bonds. The van der Waals surface area contributed by atoms with Gasteiger partial charge < -0.3 is 14.6 Å². The van der Waals surface area contributed by atoms with Gasteiger partial charge in [-0.3, -0.25) is 4.79 Å². The second-order valence-corrected chi connectivity index (χ2v) is 3.94. The summed E-state index contributed by atoms with van der Waals surface area (Å²) >= 11 is 5.85. The number of halogens is 1. The number of likely N-dealkylation sites (N-methyl/N-ethyl adjacent to an activating group) is 1. The van der Waals surface area contributed by atoms with Crippen LogP contribution in [0.3, 0.4) is 0 Å². The molecule has 0 fully saturated rings. The molecule has 0 atom stereocenters. The monoisotopic (exact) mass is 239 g/mol. The van der Waals surface area contributed by atoms with Crippen LogP contribution < -0.4 is 10.8 Å². The third kappa shape index (κ3) is 2.37. The Kier molecular flexibility index (Phi) is 3.48. The van der Waals surface area contributed by atoms with Gasteiger partial charge in [0.2, 0.25) is 0 Å². The molecule has 0 unspecified atom stereocenters. The second-order valence-electron chi connectivity index (χ2n) is 3.51. The van der Waals surface area contributed by atoms with Gasteiger partial charge in [0.25, 0.3) is 0 Å². The van der Waals surface area contributed by atoms with Crippen molar-refractivity contribution in [3.63, 3.8) is 0 Å². The Balaban J connectivity index is 2.09. The molecular formula is C10H11BClNO3. The summed E-state index contributed by atoms with van der Waals surface area (Å²) in [5, 5.41) is 3.38. The maximum atomic E-state index is 11.3. The molecule has 0 saturated carbocycles. The predicted octanol–water partition coefficient (Wildman–Crippen LogP) is 0.328. The summed E-state index contributed by atoms with van der Waals surface area (Å²) in [5.74, 6) is -0.338. The van der Waals surface area contributed by atoms with Crippen LogP contribution in [0.1, 0.15) is 5.56 Å². The molecule has 1 aliphatic rings. The van der Waals surface area contributed by atoms with Crippen LogP contribution in [-0.2, 0) is 20.7 Å². The molecule has 1 N–H and O–H groups in total. The number of rotatable bonds is 3. The SMILES string of the molecule is CNCC(=O)OB1OCc2cc(Cl)ccc21. The van der Waals surface area contributed by atoms with E-state index in [9.17, 15) is 4.79 Å². The van der Waals surface area contributed by atoms with Crippen LogP contribution in [-0.4, -0.2) is 26.7 Å². The zero-order valence-corrected chi connectivity index (χ0v) is 9.58. The smallest absolute Gasteiger partial charge is 0.505 e. The lowest BCUT2D eigenvalue weighted by Gasteiger charge is -2.08. The van der Waals surface area contributed by atoms with Crippen LogP contribution >= 0.6 is 11.6 Å². The highest BCUT2D eigenvalue weighted by Crippen LogP contribution is 2.16. The third-order valence-corrected chi connectivity index (χ3v) is 2.54. The Morgan fingerprint density at radius 2 is 2.50 bits per heavy atom. The molecule has 1 aromatic rings. The Labute approximate surface area is 99.0 Å². The summed E-state index contributed by atoms with van der Waals surface area (Å²) in [6.07, 6.45) is 0. The first-order valence-corrected chi connectivity index (χ1v) is 5.32. The van der Waals surface area contributed by atoms with Gasteiger partial charge in [-0.05, 0) is 24.7 Å². The number of hydrogen-bond donors (Lipinski definition) is 1. The molecule has 0 bridgehead atoms. The second kappa shape index (κ2) is 4.87. The molecule has 0 aliphatic carbocycles. The fourth-order valence-corrected chi connectivity index (χ4v) is 1.78. The Bertz CT molecular complexity index is 413. The van der Waals surface area contributed by atoms with Crippen molar-refractivity contribution in [2.45, 2.75) is 6.61 Å². The molecule has 1 heterocycles. The fraction of sp³-hybridized carbons (Fsp3) is 0.300. The van der Waals surface area contributed by atoms with E-state index in [0.29, 0.717) is 11.6 Å².